The first-order valence-electron chi connectivity index (χ1n) is 7.97. The largest absolute Gasteiger partial charge is 0.352 e. The minimum absolute atomic E-state index is 0.0420. The molecule has 0 unspecified atom stereocenters. The minimum Gasteiger partial charge on any atom is -0.352 e. The van der Waals surface area contributed by atoms with Crippen LogP contribution in [-0.2, 0) is 19.0 Å². The topological polar surface area (TPSA) is 63.0 Å². The van der Waals surface area contributed by atoms with Gasteiger partial charge in [0.25, 0.3) is 0 Å². The highest BCUT2D eigenvalue weighted by atomic mass is 15.4. The molecule has 0 radical (unpaired) electrons. The van der Waals surface area contributed by atoms with E-state index < -0.39 is 0 Å². The van der Waals surface area contributed by atoms with E-state index in [0.717, 1.165) is 36.8 Å². The Kier molecular flexibility index (Phi) is 4.06. The zero-order valence-electron chi connectivity index (χ0n) is 14.6. The van der Waals surface area contributed by atoms with E-state index in [9.17, 15) is 0 Å². The molecule has 3 heterocycles. The standard InChI is InChI=1S/C16H25N7/c1-16(2,3)14-6-7-15(19-18-14)23-10-13(11-23)21(4)9-12-8-17-20-22(12)5/h6-8,13H,9-11H2,1-5H3. The molecule has 7 nitrogen and oxygen atoms in total. The Morgan fingerprint density at radius 3 is 2.48 bits per heavy atom. The van der Waals surface area contributed by atoms with Crippen LogP contribution < -0.4 is 4.90 Å². The Labute approximate surface area is 137 Å². The van der Waals surface area contributed by atoms with Crippen LogP contribution >= 0.6 is 0 Å². The Balaban J connectivity index is 1.55. The summed E-state index contributed by atoms with van der Waals surface area (Å²) in [5.74, 6) is 0.963. The van der Waals surface area contributed by atoms with Crippen molar-refractivity contribution < 1.29 is 0 Å². The summed E-state index contributed by atoms with van der Waals surface area (Å²) in [6.07, 6.45) is 1.82. The molecule has 1 fully saturated rings. The number of aromatic nitrogens is 5. The lowest BCUT2D eigenvalue weighted by molar-refractivity contribution is 0.192. The molecule has 0 spiro atoms. The molecule has 0 amide bonds. The van der Waals surface area contributed by atoms with Crippen molar-refractivity contribution in [2.45, 2.75) is 38.8 Å². The summed E-state index contributed by atoms with van der Waals surface area (Å²) in [6, 6.07) is 4.68. The SMILES string of the molecule is CN(Cc1cnnn1C)C1CN(c2ccc(C(C)(C)C)nn2)C1. The highest BCUT2D eigenvalue weighted by molar-refractivity contribution is 5.42. The molecule has 0 N–H and O–H groups in total. The Bertz CT molecular complexity index is 650. The van der Waals surface area contributed by atoms with Gasteiger partial charge in [-0.05, 0) is 19.2 Å². The number of nitrogens with zero attached hydrogens (tertiary/aromatic N) is 7. The first kappa shape index (κ1) is 15.9. The average molecular weight is 315 g/mol. The van der Waals surface area contributed by atoms with E-state index >= 15 is 0 Å². The first-order chi connectivity index (χ1) is 10.8. The summed E-state index contributed by atoms with van der Waals surface area (Å²) in [5.41, 5.74) is 2.19. The maximum atomic E-state index is 4.38. The molecule has 23 heavy (non-hydrogen) atoms. The fourth-order valence-electron chi connectivity index (χ4n) is 2.65. The van der Waals surface area contributed by atoms with Crippen LogP contribution in [-0.4, -0.2) is 56.3 Å². The van der Waals surface area contributed by atoms with E-state index in [1.54, 1.807) is 0 Å². The predicted molar refractivity (Wildman–Crippen MR) is 89.2 cm³/mol. The van der Waals surface area contributed by atoms with Gasteiger partial charge in [0.15, 0.2) is 5.82 Å². The van der Waals surface area contributed by atoms with Gasteiger partial charge in [-0.25, -0.2) is 0 Å². The van der Waals surface area contributed by atoms with Crippen molar-refractivity contribution >= 4 is 5.82 Å². The summed E-state index contributed by atoms with van der Waals surface area (Å²) in [4.78, 5) is 4.61. The van der Waals surface area contributed by atoms with Gasteiger partial charge in [0, 0.05) is 38.1 Å². The van der Waals surface area contributed by atoms with Gasteiger partial charge < -0.3 is 4.90 Å². The number of anilines is 1. The van der Waals surface area contributed by atoms with Crippen molar-refractivity contribution in [2.75, 3.05) is 25.0 Å². The van der Waals surface area contributed by atoms with Crippen LogP contribution in [0.25, 0.3) is 0 Å². The third-order valence-electron chi connectivity index (χ3n) is 4.45. The highest BCUT2D eigenvalue weighted by Gasteiger charge is 2.31. The summed E-state index contributed by atoms with van der Waals surface area (Å²) >= 11 is 0. The average Bonchev–Trinajstić information content (AvgIpc) is 2.82. The van der Waals surface area contributed by atoms with Crippen LogP contribution in [0.5, 0.6) is 0 Å². The van der Waals surface area contributed by atoms with E-state index in [0.29, 0.717) is 6.04 Å². The van der Waals surface area contributed by atoms with Crippen molar-refractivity contribution in [2.24, 2.45) is 7.05 Å². The summed E-state index contributed by atoms with van der Waals surface area (Å²) in [5, 5.41) is 16.7. The van der Waals surface area contributed by atoms with Gasteiger partial charge in [0.05, 0.1) is 17.6 Å². The molecule has 0 aromatic carbocycles. The van der Waals surface area contributed by atoms with Crippen LogP contribution in [0.1, 0.15) is 32.2 Å². The lowest BCUT2D eigenvalue weighted by atomic mass is 9.92. The molecule has 7 heteroatoms. The lowest BCUT2D eigenvalue weighted by Crippen LogP contribution is -2.58. The number of hydrogen-bond acceptors (Lipinski definition) is 6. The first-order valence-corrected chi connectivity index (χ1v) is 7.97. The Morgan fingerprint density at radius 1 is 1.22 bits per heavy atom. The molecule has 0 atom stereocenters. The van der Waals surface area contributed by atoms with E-state index in [1.807, 2.05) is 17.9 Å². The monoisotopic (exact) mass is 315 g/mol. The van der Waals surface area contributed by atoms with Gasteiger partial charge >= 0.3 is 0 Å². The van der Waals surface area contributed by atoms with Gasteiger partial charge in [-0.1, -0.05) is 26.0 Å². The van der Waals surface area contributed by atoms with Crippen molar-refractivity contribution in [3.8, 4) is 0 Å². The van der Waals surface area contributed by atoms with Gasteiger partial charge in [-0.2, -0.15) is 5.10 Å². The molecule has 0 bridgehead atoms. The van der Waals surface area contributed by atoms with Crippen molar-refractivity contribution in [3.63, 3.8) is 0 Å². The zero-order valence-corrected chi connectivity index (χ0v) is 14.6. The number of rotatable bonds is 4. The second kappa shape index (κ2) is 5.88. The van der Waals surface area contributed by atoms with E-state index in [2.05, 4.69) is 70.3 Å². The van der Waals surface area contributed by atoms with Gasteiger partial charge in [-0.15, -0.1) is 10.2 Å². The molecule has 2 aromatic rings. The molecule has 2 aromatic heterocycles. The maximum Gasteiger partial charge on any atom is 0.151 e. The van der Waals surface area contributed by atoms with Gasteiger partial charge in [-0.3, -0.25) is 9.58 Å². The van der Waals surface area contributed by atoms with Crippen molar-refractivity contribution in [3.05, 3.63) is 29.7 Å². The molecular formula is C16H25N7. The van der Waals surface area contributed by atoms with Crippen LogP contribution in [0.15, 0.2) is 18.3 Å². The Hall–Kier alpha value is -2.02. The molecule has 1 aliphatic heterocycles. The van der Waals surface area contributed by atoms with Gasteiger partial charge in [0.1, 0.15) is 0 Å². The molecule has 124 valence electrons. The minimum atomic E-state index is 0.0420. The highest BCUT2D eigenvalue weighted by Crippen LogP contribution is 2.24. The molecule has 1 saturated heterocycles. The van der Waals surface area contributed by atoms with E-state index in [-0.39, 0.29) is 5.41 Å². The molecular weight excluding hydrogens is 290 g/mol. The third kappa shape index (κ3) is 3.34. The Morgan fingerprint density at radius 2 is 1.96 bits per heavy atom. The quantitative estimate of drug-likeness (QED) is 0.845. The number of aryl methyl sites for hydroxylation is 1. The molecule has 3 rings (SSSR count). The normalized spacial score (nSPS) is 16.0. The fourth-order valence-corrected chi connectivity index (χ4v) is 2.65. The number of hydrogen-bond donors (Lipinski definition) is 0. The summed E-state index contributed by atoms with van der Waals surface area (Å²) in [6.45, 7) is 9.27. The molecule has 0 saturated carbocycles. The van der Waals surface area contributed by atoms with Crippen LogP contribution in [0.4, 0.5) is 5.82 Å². The third-order valence-corrected chi connectivity index (χ3v) is 4.45. The lowest BCUT2D eigenvalue weighted by Gasteiger charge is -2.44. The van der Waals surface area contributed by atoms with Crippen LogP contribution in [0.2, 0.25) is 0 Å². The van der Waals surface area contributed by atoms with E-state index in [1.165, 1.54) is 0 Å². The van der Waals surface area contributed by atoms with E-state index in [4.69, 9.17) is 0 Å². The second-order valence-corrected chi connectivity index (χ2v) is 7.35. The zero-order chi connectivity index (χ0) is 16.6. The van der Waals surface area contributed by atoms with Crippen LogP contribution in [0.3, 0.4) is 0 Å². The second-order valence-electron chi connectivity index (χ2n) is 7.35. The maximum absolute atomic E-state index is 4.38. The van der Waals surface area contributed by atoms with Gasteiger partial charge in [0.2, 0.25) is 0 Å². The fraction of sp³-hybridized carbons (Fsp3) is 0.625. The molecule has 0 aliphatic carbocycles. The van der Waals surface area contributed by atoms with Crippen LogP contribution in [0, 0.1) is 0 Å². The van der Waals surface area contributed by atoms with Crippen molar-refractivity contribution in [1.82, 2.24) is 30.1 Å². The number of likely N-dealkylation sites (N-methyl/N-ethyl adjacent to an activating group) is 1. The summed E-state index contributed by atoms with van der Waals surface area (Å²) in [7, 11) is 4.07. The summed E-state index contributed by atoms with van der Waals surface area (Å²) < 4.78 is 1.82. The molecule has 1 aliphatic rings. The van der Waals surface area contributed by atoms with Crippen molar-refractivity contribution in [1.29, 1.82) is 0 Å². The predicted octanol–water partition coefficient (Wildman–Crippen LogP) is 1.22. The smallest absolute Gasteiger partial charge is 0.151 e.